The number of piperidine rings is 1. The zero-order valence-corrected chi connectivity index (χ0v) is 20.9. The minimum absolute atomic E-state index is 0.0727. The Morgan fingerprint density at radius 1 is 0.886 bits per heavy atom. The molecule has 1 aliphatic rings. The van der Waals surface area contributed by atoms with Crippen molar-refractivity contribution in [3.05, 3.63) is 95.6 Å². The van der Waals surface area contributed by atoms with Crippen molar-refractivity contribution in [3.8, 4) is 11.5 Å². The fourth-order valence-electron chi connectivity index (χ4n) is 4.80. The van der Waals surface area contributed by atoms with E-state index in [-0.39, 0.29) is 11.8 Å². The molecule has 5 heteroatoms. The molecule has 3 aromatic carbocycles. The second-order valence-corrected chi connectivity index (χ2v) is 9.21. The third-order valence-electron chi connectivity index (χ3n) is 6.87. The smallest absolute Gasteiger partial charge is 0.226 e. The highest BCUT2D eigenvalue weighted by molar-refractivity contribution is 5.79. The lowest BCUT2D eigenvalue weighted by Crippen LogP contribution is -2.42. The fourth-order valence-corrected chi connectivity index (χ4v) is 4.80. The molecule has 0 unspecified atom stereocenters. The van der Waals surface area contributed by atoms with Gasteiger partial charge in [-0.1, -0.05) is 66.7 Å². The van der Waals surface area contributed by atoms with E-state index in [2.05, 4.69) is 52.3 Å². The molecule has 35 heavy (non-hydrogen) atoms. The van der Waals surface area contributed by atoms with Crippen LogP contribution in [0.2, 0.25) is 0 Å². The van der Waals surface area contributed by atoms with Crippen molar-refractivity contribution < 1.29 is 14.3 Å². The molecule has 1 fully saturated rings. The molecule has 0 aliphatic carbocycles. The van der Waals surface area contributed by atoms with Crippen LogP contribution in [0.5, 0.6) is 11.5 Å². The van der Waals surface area contributed by atoms with E-state index in [0.717, 1.165) is 62.5 Å². The number of carbonyl (C=O) groups excluding carboxylic acids is 1. The third kappa shape index (κ3) is 6.86. The molecule has 0 saturated carbocycles. The van der Waals surface area contributed by atoms with Crippen molar-refractivity contribution in [1.29, 1.82) is 0 Å². The maximum Gasteiger partial charge on any atom is 0.226 e. The molecular weight excluding hydrogens is 436 g/mol. The summed E-state index contributed by atoms with van der Waals surface area (Å²) >= 11 is 0. The van der Waals surface area contributed by atoms with Gasteiger partial charge in [-0.25, -0.2) is 0 Å². The lowest BCUT2D eigenvalue weighted by Gasteiger charge is -2.34. The average molecular weight is 473 g/mol. The molecule has 0 atom stereocenters. The predicted octanol–water partition coefficient (Wildman–Crippen LogP) is 5.19. The molecule has 184 valence electrons. The third-order valence-corrected chi connectivity index (χ3v) is 6.87. The van der Waals surface area contributed by atoms with Gasteiger partial charge in [-0.15, -0.1) is 0 Å². The Bertz CT molecular complexity index is 1060. The largest absolute Gasteiger partial charge is 0.497 e. The summed E-state index contributed by atoms with van der Waals surface area (Å²) in [7, 11) is 3.36. The van der Waals surface area contributed by atoms with Gasteiger partial charge in [0.1, 0.15) is 11.5 Å². The number of hydrogen-bond acceptors (Lipinski definition) is 4. The number of benzene rings is 3. The topological polar surface area (TPSA) is 42.0 Å². The standard InChI is InChI=1S/C30H36N2O3/c1-34-28-14-13-27(29(21-28)35-2)23-31-18-16-26(17-19-31)30(33)32(22-25-11-7-4-8-12-25)20-15-24-9-5-3-6-10-24/h3-14,21,26H,15-20,22-23H2,1-2H3. The van der Waals surface area contributed by atoms with E-state index in [1.165, 1.54) is 11.1 Å². The molecular formula is C30H36N2O3. The van der Waals surface area contributed by atoms with E-state index in [4.69, 9.17) is 9.47 Å². The quantitative estimate of drug-likeness (QED) is 0.407. The van der Waals surface area contributed by atoms with Crippen molar-refractivity contribution in [2.75, 3.05) is 33.9 Å². The van der Waals surface area contributed by atoms with Crippen LogP contribution in [0.3, 0.4) is 0 Å². The first-order chi connectivity index (χ1) is 17.2. The van der Waals surface area contributed by atoms with Crippen molar-refractivity contribution in [2.45, 2.75) is 32.4 Å². The Morgan fingerprint density at radius 2 is 1.54 bits per heavy atom. The van der Waals surface area contributed by atoms with Gasteiger partial charge in [0.15, 0.2) is 0 Å². The monoisotopic (exact) mass is 472 g/mol. The maximum absolute atomic E-state index is 13.6. The number of likely N-dealkylation sites (tertiary alicyclic amines) is 1. The molecule has 0 bridgehead atoms. The highest BCUT2D eigenvalue weighted by Crippen LogP contribution is 2.28. The van der Waals surface area contributed by atoms with E-state index in [1.807, 2.05) is 36.4 Å². The van der Waals surface area contributed by atoms with E-state index in [0.29, 0.717) is 6.54 Å². The second-order valence-electron chi connectivity index (χ2n) is 9.21. The van der Waals surface area contributed by atoms with Gasteiger partial charge >= 0.3 is 0 Å². The lowest BCUT2D eigenvalue weighted by molar-refractivity contribution is -0.137. The minimum Gasteiger partial charge on any atom is -0.497 e. The van der Waals surface area contributed by atoms with E-state index >= 15 is 0 Å². The highest BCUT2D eigenvalue weighted by atomic mass is 16.5. The van der Waals surface area contributed by atoms with Gasteiger partial charge in [0.2, 0.25) is 5.91 Å². The fraction of sp³-hybridized carbons (Fsp3) is 0.367. The van der Waals surface area contributed by atoms with Crippen molar-refractivity contribution in [2.24, 2.45) is 5.92 Å². The van der Waals surface area contributed by atoms with E-state index in [9.17, 15) is 4.79 Å². The van der Waals surface area contributed by atoms with Crippen LogP contribution in [0, 0.1) is 5.92 Å². The first-order valence-corrected chi connectivity index (χ1v) is 12.5. The lowest BCUT2D eigenvalue weighted by atomic mass is 9.94. The summed E-state index contributed by atoms with van der Waals surface area (Å²) in [6.07, 6.45) is 2.64. The summed E-state index contributed by atoms with van der Waals surface area (Å²) in [4.78, 5) is 18.1. The molecule has 1 amide bonds. The van der Waals surface area contributed by atoms with Crippen LogP contribution >= 0.6 is 0 Å². The summed E-state index contributed by atoms with van der Waals surface area (Å²) in [6, 6.07) is 26.7. The summed E-state index contributed by atoms with van der Waals surface area (Å²) in [5.74, 6) is 2.00. The van der Waals surface area contributed by atoms with Crippen LogP contribution in [0.15, 0.2) is 78.9 Å². The number of amides is 1. The van der Waals surface area contributed by atoms with Crippen LogP contribution in [0.25, 0.3) is 0 Å². The van der Waals surface area contributed by atoms with Crippen LogP contribution in [-0.2, 0) is 24.3 Å². The van der Waals surface area contributed by atoms with Crippen LogP contribution in [0.1, 0.15) is 29.5 Å². The first-order valence-electron chi connectivity index (χ1n) is 12.5. The van der Waals surface area contributed by atoms with Gasteiger partial charge in [-0.2, -0.15) is 0 Å². The molecule has 1 heterocycles. The molecule has 5 nitrogen and oxygen atoms in total. The SMILES string of the molecule is COc1ccc(CN2CCC(C(=O)N(CCc3ccccc3)Cc3ccccc3)CC2)c(OC)c1. The Balaban J connectivity index is 1.37. The first kappa shape index (κ1) is 24.8. The molecule has 1 saturated heterocycles. The van der Waals surface area contributed by atoms with Gasteiger partial charge in [0.05, 0.1) is 14.2 Å². The zero-order valence-electron chi connectivity index (χ0n) is 20.9. The summed E-state index contributed by atoms with van der Waals surface area (Å²) in [6.45, 7) is 4.03. The molecule has 1 aliphatic heterocycles. The molecule has 4 rings (SSSR count). The summed E-state index contributed by atoms with van der Waals surface area (Å²) in [5, 5.41) is 0. The number of nitrogens with zero attached hydrogens (tertiary/aromatic N) is 2. The molecule has 0 radical (unpaired) electrons. The number of methoxy groups -OCH3 is 2. The van der Waals surface area contributed by atoms with Gasteiger partial charge in [0, 0.05) is 37.2 Å². The van der Waals surface area contributed by atoms with Gasteiger partial charge in [0.25, 0.3) is 0 Å². The summed E-state index contributed by atoms with van der Waals surface area (Å²) in [5.41, 5.74) is 3.59. The second kappa shape index (κ2) is 12.4. The van der Waals surface area contributed by atoms with Gasteiger partial charge < -0.3 is 14.4 Å². The van der Waals surface area contributed by atoms with Crippen molar-refractivity contribution >= 4 is 5.91 Å². The number of ether oxygens (including phenoxy) is 2. The van der Waals surface area contributed by atoms with Crippen LogP contribution in [-0.4, -0.2) is 49.6 Å². The van der Waals surface area contributed by atoms with E-state index < -0.39 is 0 Å². The molecule has 0 N–H and O–H groups in total. The van der Waals surface area contributed by atoms with Gasteiger partial charge in [-0.3, -0.25) is 9.69 Å². The van der Waals surface area contributed by atoms with Crippen LogP contribution < -0.4 is 9.47 Å². The Morgan fingerprint density at radius 3 is 2.17 bits per heavy atom. The Hall–Kier alpha value is -3.31. The Labute approximate surface area is 209 Å². The predicted molar refractivity (Wildman–Crippen MR) is 140 cm³/mol. The average Bonchev–Trinajstić information content (AvgIpc) is 2.92. The minimum atomic E-state index is 0.0727. The van der Waals surface area contributed by atoms with Crippen molar-refractivity contribution in [3.63, 3.8) is 0 Å². The summed E-state index contributed by atoms with van der Waals surface area (Å²) < 4.78 is 10.9. The van der Waals surface area contributed by atoms with E-state index in [1.54, 1.807) is 14.2 Å². The van der Waals surface area contributed by atoms with Gasteiger partial charge in [-0.05, 0) is 49.5 Å². The van der Waals surface area contributed by atoms with Crippen LogP contribution in [0.4, 0.5) is 0 Å². The molecule has 3 aromatic rings. The maximum atomic E-state index is 13.6. The highest BCUT2D eigenvalue weighted by Gasteiger charge is 2.29. The molecule has 0 spiro atoms. The zero-order chi connectivity index (χ0) is 24.5. The van der Waals surface area contributed by atoms with Crippen molar-refractivity contribution in [1.82, 2.24) is 9.80 Å². The molecule has 0 aromatic heterocycles. The number of rotatable bonds is 10. The Kier molecular flexibility index (Phi) is 8.79. The number of carbonyl (C=O) groups is 1. The normalized spacial score (nSPS) is 14.5. The number of hydrogen-bond donors (Lipinski definition) is 0.